The van der Waals surface area contributed by atoms with E-state index in [9.17, 15) is 14.9 Å². The van der Waals surface area contributed by atoms with Gasteiger partial charge in [0, 0.05) is 30.4 Å². The summed E-state index contributed by atoms with van der Waals surface area (Å²) in [6.45, 7) is 1.60. The predicted molar refractivity (Wildman–Crippen MR) is 77.3 cm³/mol. The predicted octanol–water partition coefficient (Wildman–Crippen LogP) is 1.80. The summed E-state index contributed by atoms with van der Waals surface area (Å²) >= 11 is 0. The van der Waals surface area contributed by atoms with Gasteiger partial charge < -0.3 is 10.2 Å². The van der Waals surface area contributed by atoms with Gasteiger partial charge in [0.15, 0.2) is 0 Å². The number of carbonyl (C=O) groups is 1. The number of hydrogen-bond acceptors (Lipinski definition) is 4. The molecule has 2 atom stereocenters. The molecule has 2 bridgehead atoms. The van der Waals surface area contributed by atoms with Crippen LogP contribution in [0.15, 0.2) is 18.2 Å². The number of nitro benzene ring substituents is 1. The SMILES string of the molecule is O=C1NC[C@H]2C[C@@H]1N(c1ccc([N+](=O)[O-])c(C3CC3)c1)C2. The Morgan fingerprint density at radius 2 is 2.14 bits per heavy atom. The number of piperidine rings is 1. The first-order valence-corrected chi connectivity index (χ1v) is 7.46. The molecule has 0 unspecified atom stereocenters. The van der Waals surface area contributed by atoms with Crippen molar-refractivity contribution in [2.24, 2.45) is 5.92 Å². The Bertz CT molecular complexity index is 627. The summed E-state index contributed by atoms with van der Waals surface area (Å²) < 4.78 is 0. The van der Waals surface area contributed by atoms with Crippen molar-refractivity contribution in [1.29, 1.82) is 0 Å². The van der Waals surface area contributed by atoms with Crippen LogP contribution in [0.3, 0.4) is 0 Å². The zero-order chi connectivity index (χ0) is 14.6. The van der Waals surface area contributed by atoms with Crippen molar-refractivity contribution in [2.75, 3.05) is 18.0 Å². The number of hydrogen-bond donors (Lipinski definition) is 1. The highest BCUT2D eigenvalue weighted by molar-refractivity contribution is 5.87. The second-order valence-corrected chi connectivity index (χ2v) is 6.29. The lowest BCUT2D eigenvalue weighted by molar-refractivity contribution is -0.385. The van der Waals surface area contributed by atoms with Crippen molar-refractivity contribution in [3.63, 3.8) is 0 Å². The smallest absolute Gasteiger partial charge is 0.273 e. The minimum atomic E-state index is -0.299. The van der Waals surface area contributed by atoms with E-state index in [4.69, 9.17) is 0 Å². The van der Waals surface area contributed by atoms with Gasteiger partial charge in [-0.3, -0.25) is 14.9 Å². The Morgan fingerprint density at radius 3 is 2.86 bits per heavy atom. The molecule has 1 aromatic carbocycles. The third-order valence-corrected chi connectivity index (χ3v) is 4.81. The van der Waals surface area contributed by atoms with E-state index in [1.807, 2.05) is 6.07 Å². The minimum Gasteiger partial charge on any atom is -0.359 e. The summed E-state index contributed by atoms with van der Waals surface area (Å²) in [6, 6.07) is 5.21. The molecule has 1 aromatic rings. The molecule has 3 fully saturated rings. The van der Waals surface area contributed by atoms with Crippen LogP contribution in [0.25, 0.3) is 0 Å². The fraction of sp³-hybridized carbons (Fsp3) is 0.533. The number of anilines is 1. The first kappa shape index (κ1) is 12.6. The molecular formula is C15H17N3O3. The molecular weight excluding hydrogens is 270 g/mol. The second kappa shape index (κ2) is 4.44. The number of amides is 1. The van der Waals surface area contributed by atoms with Gasteiger partial charge in [-0.15, -0.1) is 0 Å². The number of nitrogens with one attached hydrogen (secondary N) is 1. The summed E-state index contributed by atoms with van der Waals surface area (Å²) in [7, 11) is 0. The molecule has 1 aliphatic carbocycles. The normalized spacial score (nSPS) is 27.6. The van der Waals surface area contributed by atoms with E-state index >= 15 is 0 Å². The molecule has 0 radical (unpaired) electrons. The molecule has 2 aliphatic heterocycles. The maximum atomic E-state index is 12.0. The number of carbonyl (C=O) groups excluding carboxylic acids is 1. The van der Waals surface area contributed by atoms with Gasteiger partial charge >= 0.3 is 0 Å². The van der Waals surface area contributed by atoms with Gasteiger partial charge in [0.1, 0.15) is 6.04 Å². The third kappa shape index (κ3) is 2.05. The van der Waals surface area contributed by atoms with Crippen LogP contribution < -0.4 is 10.2 Å². The largest absolute Gasteiger partial charge is 0.359 e. The van der Waals surface area contributed by atoms with Gasteiger partial charge in [-0.25, -0.2) is 0 Å². The molecule has 1 amide bonds. The van der Waals surface area contributed by atoms with Crippen LogP contribution in [-0.2, 0) is 4.79 Å². The van der Waals surface area contributed by atoms with Crippen LogP contribution in [0.5, 0.6) is 0 Å². The number of fused-ring (bicyclic) bond motifs is 2. The Balaban J connectivity index is 1.71. The standard InChI is InChI=1S/C15H17N3O3/c19-15-14-5-9(7-16-15)8-17(14)11-3-4-13(18(20)21)12(6-11)10-1-2-10/h3-4,6,9-10,14H,1-2,5,7-8H2,(H,16,19)/t9-,14+/m1/s1. The van der Waals surface area contributed by atoms with Crippen molar-refractivity contribution < 1.29 is 9.72 Å². The molecule has 110 valence electrons. The van der Waals surface area contributed by atoms with Gasteiger partial charge in [0.25, 0.3) is 5.69 Å². The van der Waals surface area contributed by atoms with E-state index in [0.29, 0.717) is 11.8 Å². The molecule has 2 heterocycles. The first-order valence-electron chi connectivity index (χ1n) is 7.46. The number of nitrogens with zero attached hydrogens (tertiary/aromatic N) is 2. The zero-order valence-electron chi connectivity index (χ0n) is 11.6. The summed E-state index contributed by atoms with van der Waals surface area (Å²) in [5, 5.41) is 14.1. The average Bonchev–Trinajstić information content (AvgIpc) is 3.25. The molecule has 1 N–H and O–H groups in total. The van der Waals surface area contributed by atoms with Gasteiger partial charge in [-0.05, 0) is 43.2 Å². The van der Waals surface area contributed by atoms with Crippen LogP contribution in [0.1, 0.15) is 30.7 Å². The Kier molecular flexibility index (Phi) is 2.67. The summed E-state index contributed by atoms with van der Waals surface area (Å²) in [5.74, 6) is 0.892. The van der Waals surface area contributed by atoms with Crippen molar-refractivity contribution in [1.82, 2.24) is 5.32 Å². The fourth-order valence-electron chi connectivity index (χ4n) is 3.58. The molecule has 0 aromatic heterocycles. The molecule has 21 heavy (non-hydrogen) atoms. The highest BCUT2D eigenvalue weighted by atomic mass is 16.6. The molecule has 2 saturated heterocycles. The molecule has 3 aliphatic rings. The molecule has 6 heteroatoms. The first-order chi connectivity index (χ1) is 10.1. The van der Waals surface area contributed by atoms with E-state index in [2.05, 4.69) is 10.2 Å². The highest BCUT2D eigenvalue weighted by Gasteiger charge is 2.41. The van der Waals surface area contributed by atoms with Crippen molar-refractivity contribution in [2.45, 2.75) is 31.2 Å². The van der Waals surface area contributed by atoms with Crippen LogP contribution in [0.2, 0.25) is 0 Å². The maximum Gasteiger partial charge on any atom is 0.273 e. The third-order valence-electron chi connectivity index (χ3n) is 4.81. The van der Waals surface area contributed by atoms with Crippen molar-refractivity contribution in [3.8, 4) is 0 Å². The zero-order valence-corrected chi connectivity index (χ0v) is 11.6. The lowest BCUT2D eigenvalue weighted by Gasteiger charge is -2.25. The van der Waals surface area contributed by atoms with E-state index < -0.39 is 0 Å². The molecule has 6 nitrogen and oxygen atoms in total. The van der Waals surface area contributed by atoms with E-state index in [1.54, 1.807) is 12.1 Å². The molecule has 1 saturated carbocycles. The van der Waals surface area contributed by atoms with E-state index in [-0.39, 0.29) is 22.6 Å². The molecule has 4 rings (SSSR count). The summed E-state index contributed by atoms with van der Waals surface area (Å²) in [6.07, 6.45) is 2.94. The van der Waals surface area contributed by atoms with Crippen LogP contribution >= 0.6 is 0 Å². The average molecular weight is 287 g/mol. The fourth-order valence-corrected chi connectivity index (χ4v) is 3.58. The lowest BCUT2D eigenvalue weighted by Crippen LogP contribution is -2.44. The van der Waals surface area contributed by atoms with E-state index in [1.165, 1.54) is 0 Å². The van der Waals surface area contributed by atoms with Crippen LogP contribution in [0, 0.1) is 16.0 Å². The monoisotopic (exact) mass is 287 g/mol. The van der Waals surface area contributed by atoms with Crippen LogP contribution in [-0.4, -0.2) is 30.0 Å². The number of rotatable bonds is 3. The Morgan fingerprint density at radius 1 is 1.33 bits per heavy atom. The minimum absolute atomic E-state index is 0.0788. The highest BCUT2D eigenvalue weighted by Crippen LogP contribution is 2.46. The van der Waals surface area contributed by atoms with Gasteiger partial charge in [-0.2, -0.15) is 0 Å². The maximum absolute atomic E-state index is 12.0. The Labute approximate surface area is 122 Å². The van der Waals surface area contributed by atoms with E-state index in [0.717, 1.165) is 43.6 Å². The van der Waals surface area contributed by atoms with Gasteiger partial charge in [-0.1, -0.05) is 0 Å². The second-order valence-electron chi connectivity index (χ2n) is 6.29. The van der Waals surface area contributed by atoms with Crippen molar-refractivity contribution >= 4 is 17.3 Å². The summed E-state index contributed by atoms with van der Waals surface area (Å²) in [5.41, 5.74) is 2.00. The van der Waals surface area contributed by atoms with Crippen molar-refractivity contribution in [3.05, 3.63) is 33.9 Å². The molecule has 0 spiro atoms. The summed E-state index contributed by atoms with van der Waals surface area (Å²) in [4.78, 5) is 24.9. The Hall–Kier alpha value is -2.11. The number of benzene rings is 1. The topological polar surface area (TPSA) is 75.5 Å². The van der Waals surface area contributed by atoms with Gasteiger partial charge in [0.2, 0.25) is 5.91 Å². The quantitative estimate of drug-likeness (QED) is 0.679. The number of nitro groups is 1. The lowest BCUT2D eigenvalue weighted by atomic mass is 10.0. The van der Waals surface area contributed by atoms with Gasteiger partial charge in [0.05, 0.1) is 4.92 Å². The van der Waals surface area contributed by atoms with Crippen LogP contribution in [0.4, 0.5) is 11.4 Å².